The summed E-state index contributed by atoms with van der Waals surface area (Å²) < 4.78 is 4.73. The van der Waals surface area contributed by atoms with Crippen LogP contribution in [0.3, 0.4) is 0 Å². The summed E-state index contributed by atoms with van der Waals surface area (Å²) in [7, 11) is 1.37. The predicted molar refractivity (Wildman–Crippen MR) is 129 cm³/mol. The molecule has 1 aliphatic heterocycles. The summed E-state index contributed by atoms with van der Waals surface area (Å²) >= 11 is 1.36. The summed E-state index contributed by atoms with van der Waals surface area (Å²) in [5, 5.41) is 10.6. The number of hydrogen-bond acceptors (Lipinski definition) is 5. The third-order valence-electron chi connectivity index (χ3n) is 5.82. The van der Waals surface area contributed by atoms with E-state index in [4.69, 9.17) is 4.74 Å². The zero-order chi connectivity index (χ0) is 22.9. The fraction of sp³-hybridized carbons (Fsp3) is 0.385. The van der Waals surface area contributed by atoms with Crippen LogP contribution in [0.2, 0.25) is 0 Å². The monoisotopic (exact) mass is 453 g/mol. The van der Waals surface area contributed by atoms with Gasteiger partial charge in [-0.05, 0) is 49.0 Å². The van der Waals surface area contributed by atoms with E-state index in [0.717, 1.165) is 24.1 Å². The van der Waals surface area contributed by atoms with Gasteiger partial charge in [-0.15, -0.1) is 11.3 Å². The molecule has 0 radical (unpaired) electrons. The molecule has 32 heavy (non-hydrogen) atoms. The third kappa shape index (κ3) is 6.65. The van der Waals surface area contributed by atoms with Gasteiger partial charge in [0.25, 0.3) is 0 Å². The van der Waals surface area contributed by atoms with Gasteiger partial charge in [0.1, 0.15) is 4.88 Å². The van der Waals surface area contributed by atoms with E-state index < -0.39 is 6.10 Å². The van der Waals surface area contributed by atoms with Crippen LogP contribution in [0.1, 0.15) is 46.3 Å². The Bertz CT molecular complexity index is 950. The van der Waals surface area contributed by atoms with Crippen molar-refractivity contribution in [2.45, 2.75) is 44.8 Å². The van der Waals surface area contributed by atoms with Gasteiger partial charge in [0.05, 0.1) is 19.3 Å². The average Bonchev–Trinajstić information content (AvgIpc) is 3.43. The molecule has 5 nitrogen and oxygen atoms in total. The second-order valence-corrected chi connectivity index (χ2v) is 9.24. The molecular weight excluding hydrogens is 422 g/mol. The molecule has 1 unspecified atom stereocenters. The summed E-state index contributed by atoms with van der Waals surface area (Å²) in [6.45, 7) is 2.56. The second-order valence-electron chi connectivity index (χ2n) is 8.13. The van der Waals surface area contributed by atoms with Gasteiger partial charge in [-0.2, -0.15) is 0 Å². The second kappa shape index (κ2) is 11.8. The van der Waals surface area contributed by atoms with Crippen LogP contribution in [0.4, 0.5) is 0 Å². The number of ether oxygens (including phenoxy) is 1. The fourth-order valence-electron chi connectivity index (χ4n) is 3.77. The first-order valence-electron chi connectivity index (χ1n) is 11.0. The van der Waals surface area contributed by atoms with Crippen LogP contribution in [-0.2, 0) is 16.0 Å². The van der Waals surface area contributed by atoms with Crippen molar-refractivity contribution >= 4 is 29.3 Å². The quantitative estimate of drug-likeness (QED) is 0.417. The first kappa shape index (κ1) is 24.0. The van der Waals surface area contributed by atoms with Crippen molar-refractivity contribution in [3.63, 3.8) is 0 Å². The number of amides is 1. The third-order valence-corrected chi connectivity index (χ3v) is 6.85. The number of nitrogens with zero attached hydrogens (tertiary/aromatic N) is 1. The van der Waals surface area contributed by atoms with E-state index in [1.807, 2.05) is 53.5 Å². The number of thiophene rings is 1. The maximum atomic E-state index is 12.3. The van der Waals surface area contributed by atoms with Crippen molar-refractivity contribution in [3.8, 4) is 0 Å². The van der Waals surface area contributed by atoms with Gasteiger partial charge in [-0.25, -0.2) is 4.79 Å². The minimum Gasteiger partial charge on any atom is -0.465 e. The van der Waals surface area contributed by atoms with Crippen molar-refractivity contribution in [3.05, 3.63) is 76.0 Å². The number of methoxy groups -OCH3 is 1. The molecule has 1 aliphatic rings. The van der Waals surface area contributed by atoms with Crippen LogP contribution < -0.4 is 0 Å². The number of aliphatic hydroxyl groups excluding tert-OH is 1. The number of hydrogen-bond donors (Lipinski definition) is 1. The van der Waals surface area contributed by atoms with Gasteiger partial charge < -0.3 is 14.7 Å². The van der Waals surface area contributed by atoms with E-state index in [-0.39, 0.29) is 23.8 Å². The molecule has 170 valence electrons. The molecule has 0 aliphatic carbocycles. The van der Waals surface area contributed by atoms with Crippen LogP contribution in [0, 0.1) is 5.92 Å². The van der Waals surface area contributed by atoms with E-state index in [1.165, 1.54) is 24.0 Å². The van der Waals surface area contributed by atoms with Crippen LogP contribution in [0.5, 0.6) is 0 Å². The molecule has 0 saturated carbocycles. The lowest BCUT2D eigenvalue weighted by Crippen LogP contribution is -2.32. The van der Waals surface area contributed by atoms with Crippen molar-refractivity contribution in [1.29, 1.82) is 0 Å². The van der Waals surface area contributed by atoms with Gasteiger partial charge in [-0.1, -0.05) is 55.5 Å². The molecule has 3 rings (SSSR count). The van der Waals surface area contributed by atoms with Crippen LogP contribution in [-0.4, -0.2) is 47.7 Å². The van der Waals surface area contributed by atoms with Gasteiger partial charge in [-0.3, -0.25) is 4.79 Å². The lowest BCUT2D eigenvalue weighted by atomic mass is 9.95. The number of benzene rings is 1. The van der Waals surface area contributed by atoms with E-state index in [1.54, 1.807) is 6.07 Å². The summed E-state index contributed by atoms with van der Waals surface area (Å²) in [5.41, 5.74) is 1.28. The van der Waals surface area contributed by atoms with Crippen molar-refractivity contribution in [2.75, 3.05) is 13.7 Å². The minimum absolute atomic E-state index is 0.00270. The Labute approximate surface area is 194 Å². The highest BCUT2D eigenvalue weighted by Crippen LogP contribution is 2.23. The summed E-state index contributed by atoms with van der Waals surface area (Å²) in [6.07, 6.45) is 10.3. The lowest BCUT2D eigenvalue weighted by molar-refractivity contribution is -0.127. The Hall–Kier alpha value is -2.70. The van der Waals surface area contributed by atoms with E-state index in [2.05, 4.69) is 19.1 Å². The van der Waals surface area contributed by atoms with Gasteiger partial charge >= 0.3 is 5.97 Å². The average molecular weight is 454 g/mol. The maximum absolute atomic E-state index is 12.3. The van der Waals surface area contributed by atoms with Crippen molar-refractivity contribution < 1.29 is 19.4 Å². The smallest absolute Gasteiger partial charge is 0.348 e. The van der Waals surface area contributed by atoms with Gasteiger partial charge in [0, 0.05) is 17.8 Å². The minimum atomic E-state index is -0.533. The number of carbonyl (C=O) groups is 2. The molecule has 0 bridgehead atoms. The zero-order valence-electron chi connectivity index (χ0n) is 18.6. The van der Waals surface area contributed by atoms with Crippen LogP contribution in [0.15, 0.2) is 60.7 Å². The Morgan fingerprint density at radius 1 is 1.28 bits per heavy atom. The molecule has 1 aromatic heterocycles. The molecule has 6 heteroatoms. The summed E-state index contributed by atoms with van der Waals surface area (Å²) in [5.74, 6) is -0.0804. The SMILES string of the molecule is COC(=O)c1ccc(C=CCN2C(=O)CCC2C=C[C@@H](O)[C@@H](C)CCc2ccccc2)s1. The number of likely N-dealkylation sites (tertiary alicyclic amines) is 1. The van der Waals surface area contributed by atoms with Crippen LogP contribution >= 0.6 is 11.3 Å². The first-order chi connectivity index (χ1) is 15.5. The number of aryl methyl sites for hydroxylation is 1. The Kier molecular flexibility index (Phi) is 8.82. The van der Waals surface area contributed by atoms with Gasteiger partial charge in [0.2, 0.25) is 5.91 Å². The van der Waals surface area contributed by atoms with E-state index >= 15 is 0 Å². The standard InChI is InChI=1S/C26H31NO4S/c1-19(10-11-20-7-4-3-5-8-20)23(28)15-12-21-13-17-25(29)27(21)18-6-9-22-14-16-24(32-22)26(30)31-2/h3-9,12,14-16,19,21,23,28H,10-11,13,17-18H2,1-2H3/t19-,21?,23+/m0/s1. The predicted octanol–water partition coefficient (Wildman–Crippen LogP) is 4.72. The molecular formula is C26H31NO4S. The number of esters is 1. The van der Waals surface area contributed by atoms with Gasteiger partial charge in [0.15, 0.2) is 0 Å². The number of aliphatic hydroxyl groups is 1. The lowest BCUT2D eigenvalue weighted by Gasteiger charge is -2.22. The van der Waals surface area contributed by atoms with Crippen molar-refractivity contribution in [1.82, 2.24) is 4.90 Å². The number of carbonyl (C=O) groups excluding carboxylic acids is 2. The molecule has 1 aromatic carbocycles. The Morgan fingerprint density at radius 3 is 2.81 bits per heavy atom. The number of rotatable bonds is 10. The fourth-order valence-corrected chi connectivity index (χ4v) is 4.63. The van der Waals surface area contributed by atoms with Crippen molar-refractivity contribution in [2.24, 2.45) is 5.92 Å². The maximum Gasteiger partial charge on any atom is 0.348 e. The zero-order valence-corrected chi connectivity index (χ0v) is 19.5. The Balaban J connectivity index is 1.51. The van der Waals surface area contributed by atoms with E-state index in [9.17, 15) is 14.7 Å². The Morgan fingerprint density at radius 2 is 2.06 bits per heavy atom. The molecule has 1 saturated heterocycles. The largest absolute Gasteiger partial charge is 0.465 e. The topological polar surface area (TPSA) is 66.8 Å². The molecule has 1 amide bonds. The molecule has 3 atom stereocenters. The molecule has 0 spiro atoms. The summed E-state index contributed by atoms with van der Waals surface area (Å²) in [6, 6.07) is 13.9. The molecule has 2 heterocycles. The van der Waals surface area contributed by atoms with Crippen LogP contribution in [0.25, 0.3) is 6.08 Å². The summed E-state index contributed by atoms with van der Waals surface area (Å²) in [4.78, 5) is 27.2. The molecule has 2 aromatic rings. The normalized spacial score (nSPS) is 18.5. The molecule has 1 N–H and O–H groups in total. The highest BCUT2D eigenvalue weighted by Gasteiger charge is 2.28. The highest BCUT2D eigenvalue weighted by atomic mass is 32.1. The van der Waals surface area contributed by atoms with E-state index in [0.29, 0.717) is 17.8 Å². The molecule has 1 fully saturated rings. The highest BCUT2D eigenvalue weighted by molar-refractivity contribution is 7.14. The first-order valence-corrected chi connectivity index (χ1v) is 11.8.